The number of nitrogens with one attached hydrogen (secondary N) is 2. The first-order valence-electron chi connectivity index (χ1n) is 10.7. The molecule has 6 heteroatoms. The first-order valence-corrected chi connectivity index (χ1v) is 10.7. The van der Waals surface area contributed by atoms with Crippen LogP contribution in [0.15, 0.2) is 35.3 Å². The van der Waals surface area contributed by atoms with Crippen LogP contribution in [0, 0.1) is 0 Å². The third kappa shape index (κ3) is 3.30. The molecule has 2 N–H and O–H groups in total. The normalized spacial score (nSPS) is 25.9. The summed E-state index contributed by atoms with van der Waals surface area (Å²) in [5, 5.41) is 11.9. The number of fused-ring (bicyclic) bond motifs is 3. The van der Waals surface area contributed by atoms with Crippen LogP contribution in [-0.4, -0.2) is 40.5 Å². The third-order valence-electron chi connectivity index (χ3n) is 6.17. The van der Waals surface area contributed by atoms with Crippen LogP contribution in [0.1, 0.15) is 49.6 Å². The number of ether oxygens (including phenoxy) is 1. The van der Waals surface area contributed by atoms with Gasteiger partial charge in [0.25, 0.3) is 0 Å². The summed E-state index contributed by atoms with van der Waals surface area (Å²) in [4.78, 5) is 4.88. The Morgan fingerprint density at radius 3 is 2.89 bits per heavy atom. The summed E-state index contributed by atoms with van der Waals surface area (Å²) in [6.45, 7) is 3.57. The lowest BCUT2D eigenvalue weighted by atomic mass is 9.96. The Bertz CT molecular complexity index is 859. The van der Waals surface area contributed by atoms with Crippen molar-refractivity contribution in [3.05, 3.63) is 47.3 Å². The Balaban J connectivity index is 1.36. The number of aliphatic imine (C=N–C) groups is 1. The summed E-state index contributed by atoms with van der Waals surface area (Å²) in [6.07, 6.45) is 7.66. The van der Waals surface area contributed by atoms with Gasteiger partial charge in [-0.15, -0.1) is 0 Å². The van der Waals surface area contributed by atoms with Gasteiger partial charge in [0, 0.05) is 12.2 Å². The minimum Gasteiger partial charge on any atom is -0.373 e. The monoisotopic (exact) mass is 379 g/mol. The van der Waals surface area contributed by atoms with E-state index in [4.69, 9.17) is 14.8 Å². The van der Waals surface area contributed by atoms with Crippen LogP contribution < -0.4 is 10.6 Å². The van der Waals surface area contributed by atoms with Gasteiger partial charge in [0.05, 0.1) is 36.2 Å². The van der Waals surface area contributed by atoms with E-state index in [9.17, 15) is 0 Å². The van der Waals surface area contributed by atoms with Gasteiger partial charge in [-0.05, 0) is 63.1 Å². The number of aromatic nitrogens is 2. The van der Waals surface area contributed by atoms with Crippen LogP contribution in [-0.2, 0) is 24.1 Å². The summed E-state index contributed by atoms with van der Waals surface area (Å²) >= 11 is 0. The average Bonchev–Trinajstić information content (AvgIpc) is 3.49. The van der Waals surface area contributed by atoms with Crippen LogP contribution in [0.25, 0.3) is 5.69 Å². The maximum Gasteiger partial charge on any atom is 0.191 e. The summed E-state index contributed by atoms with van der Waals surface area (Å²) in [5.41, 5.74) is 5.00. The largest absolute Gasteiger partial charge is 0.373 e. The second-order valence-electron chi connectivity index (χ2n) is 8.03. The maximum atomic E-state index is 5.98. The highest BCUT2D eigenvalue weighted by molar-refractivity contribution is 5.80. The van der Waals surface area contributed by atoms with Gasteiger partial charge >= 0.3 is 0 Å². The number of rotatable bonds is 5. The second-order valence-corrected chi connectivity index (χ2v) is 8.03. The molecule has 2 fully saturated rings. The van der Waals surface area contributed by atoms with E-state index < -0.39 is 0 Å². The van der Waals surface area contributed by atoms with E-state index in [1.807, 2.05) is 6.07 Å². The lowest BCUT2D eigenvalue weighted by molar-refractivity contribution is 0.0992. The fourth-order valence-corrected chi connectivity index (χ4v) is 4.86. The van der Waals surface area contributed by atoms with Crippen molar-refractivity contribution in [1.82, 2.24) is 20.4 Å². The number of hydrogen-bond acceptors (Lipinski definition) is 3. The smallest absolute Gasteiger partial charge is 0.191 e. The molecular weight excluding hydrogens is 350 g/mol. The van der Waals surface area contributed by atoms with Gasteiger partial charge in [-0.1, -0.05) is 18.2 Å². The van der Waals surface area contributed by atoms with E-state index >= 15 is 0 Å². The first kappa shape index (κ1) is 17.7. The fraction of sp³-hybridized carbons (Fsp3) is 0.545. The van der Waals surface area contributed by atoms with Crippen molar-refractivity contribution in [3.8, 4) is 5.69 Å². The van der Waals surface area contributed by atoms with Gasteiger partial charge in [-0.25, -0.2) is 9.67 Å². The highest BCUT2D eigenvalue weighted by Gasteiger charge is 2.41. The lowest BCUT2D eigenvalue weighted by Gasteiger charge is -2.22. The maximum absolute atomic E-state index is 5.98. The standard InChI is InChI=1S/C22H29N5O/c1-2-23-22(25-18-13-16-11-12-21(18)28-16)24-14-19-17-9-6-10-20(17)27(26-19)15-7-4-3-5-8-15/h3-5,7-8,16,18,21H,2,6,9-14H2,1H3,(H2,23,24,25). The number of hydrogen-bond donors (Lipinski definition) is 2. The zero-order valence-corrected chi connectivity index (χ0v) is 16.5. The van der Waals surface area contributed by atoms with E-state index in [-0.39, 0.29) is 0 Å². The van der Waals surface area contributed by atoms with Crippen LogP contribution in [0.2, 0.25) is 0 Å². The fourth-order valence-electron chi connectivity index (χ4n) is 4.86. The van der Waals surface area contributed by atoms with Crippen molar-refractivity contribution in [2.45, 2.75) is 70.2 Å². The Kier molecular flexibility index (Phi) is 4.81. The number of nitrogens with zero attached hydrogens (tertiary/aromatic N) is 3. The molecule has 2 bridgehead atoms. The SMILES string of the molecule is CCNC(=NCc1nn(-c2ccccc2)c2c1CCC2)NC1CC2CCC1O2. The predicted octanol–water partition coefficient (Wildman–Crippen LogP) is 2.74. The van der Waals surface area contributed by atoms with E-state index in [0.29, 0.717) is 24.8 Å². The summed E-state index contributed by atoms with van der Waals surface area (Å²) < 4.78 is 8.10. The molecule has 0 saturated carbocycles. The topological polar surface area (TPSA) is 63.5 Å². The molecule has 5 rings (SSSR count). The molecule has 3 aliphatic rings. The van der Waals surface area contributed by atoms with Crippen molar-refractivity contribution < 1.29 is 4.74 Å². The Hall–Kier alpha value is -2.34. The zero-order valence-electron chi connectivity index (χ0n) is 16.5. The van der Waals surface area contributed by atoms with Crippen LogP contribution >= 0.6 is 0 Å². The molecule has 1 aromatic heterocycles. The van der Waals surface area contributed by atoms with Gasteiger partial charge in [-0.3, -0.25) is 0 Å². The Morgan fingerprint density at radius 1 is 1.25 bits per heavy atom. The summed E-state index contributed by atoms with van der Waals surface area (Å²) in [7, 11) is 0. The molecule has 3 atom stereocenters. The molecule has 2 aliphatic heterocycles. The minimum atomic E-state index is 0.343. The minimum absolute atomic E-state index is 0.343. The molecule has 2 saturated heterocycles. The predicted molar refractivity (Wildman–Crippen MR) is 110 cm³/mol. The average molecular weight is 380 g/mol. The van der Waals surface area contributed by atoms with E-state index in [2.05, 4.69) is 46.5 Å². The highest BCUT2D eigenvalue weighted by Crippen LogP contribution is 2.34. The molecule has 3 unspecified atom stereocenters. The Morgan fingerprint density at radius 2 is 2.14 bits per heavy atom. The quantitative estimate of drug-likeness (QED) is 0.619. The molecule has 28 heavy (non-hydrogen) atoms. The Labute approximate surface area is 166 Å². The molecule has 1 aromatic carbocycles. The van der Waals surface area contributed by atoms with Crippen molar-refractivity contribution in [1.29, 1.82) is 0 Å². The van der Waals surface area contributed by atoms with Crippen molar-refractivity contribution in [2.75, 3.05) is 6.54 Å². The lowest BCUT2D eigenvalue weighted by Crippen LogP contribution is -2.47. The van der Waals surface area contributed by atoms with Crippen molar-refractivity contribution in [3.63, 3.8) is 0 Å². The molecule has 0 spiro atoms. The molecule has 6 nitrogen and oxygen atoms in total. The van der Waals surface area contributed by atoms with E-state index in [1.54, 1.807) is 0 Å². The molecule has 0 radical (unpaired) electrons. The van der Waals surface area contributed by atoms with Gasteiger partial charge in [0.1, 0.15) is 0 Å². The number of para-hydroxylation sites is 1. The van der Waals surface area contributed by atoms with E-state index in [0.717, 1.165) is 49.6 Å². The van der Waals surface area contributed by atoms with Gasteiger partial charge in [-0.2, -0.15) is 5.10 Å². The number of guanidine groups is 1. The zero-order chi connectivity index (χ0) is 18.9. The van der Waals surface area contributed by atoms with Crippen molar-refractivity contribution >= 4 is 5.96 Å². The van der Waals surface area contributed by atoms with Crippen LogP contribution in [0.5, 0.6) is 0 Å². The molecule has 148 valence electrons. The number of benzene rings is 1. The van der Waals surface area contributed by atoms with Gasteiger partial charge < -0.3 is 15.4 Å². The molecule has 1 aliphatic carbocycles. The van der Waals surface area contributed by atoms with Crippen molar-refractivity contribution in [2.24, 2.45) is 4.99 Å². The molecular formula is C22H29N5O. The van der Waals surface area contributed by atoms with E-state index in [1.165, 1.54) is 24.1 Å². The highest BCUT2D eigenvalue weighted by atomic mass is 16.5. The second kappa shape index (κ2) is 7.59. The molecule has 0 amide bonds. The van der Waals surface area contributed by atoms with Gasteiger partial charge in [0.2, 0.25) is 0 Å². The third-order valence-corrected chi connectivity index (χ3v) is 6.17. The van der Waals surface area contributed by atoms with Crippen LogP contribution in [0.3, 0.4) is 0 Å². The van der Waals surface area contributed by atoms with Crippen LogP contribution in [0.4, 0.5) is 0 Å². The molecule has 2 aromatic rings. The summed E-state index contributed by atoms with van der Waals surface area (Å²) in [5.74, 6) is 0.879. The first-order chi connectivity index (χ1) is 13.8. The molecule has 3 heterocycles. The van der Waals surface area contributed by atoms with Gasteiger partial charge in [0.15, 0.2) is 5.96 Å². The summed E-state index contributed by atoms with van der Waals surface area (Å²) in [6, 6.07) is 10.8.